The molecule has 0 spiro atoms. The highest BCUT2D eigenvalue weighted by Crippen LogP contribution is 2.49. The van der Waals surface area contributed by atoms with Crippen molar-refractivity contribution in [2.45, 2.75) is 43.9 Å². The summed E-state index contributed by atoms with van der Waals surface area (Å²) in [6, 6.07) is 12.3. The van der Waals surface area contributed by atoms with Gasteiger partial charge >= 0.3 is 0 Å². The number of methoxy groups -OCH3 is 1. The van der Waals surface area contributed by atoms with Gasteiger partial charge in [-0.3, -0.25) is 24.6 Å². The highest BCUT2D eigenvalue weighted by atomic mass is 32.2. The largest absolute Gasteiger partial charge is 0.496 e. The highest BCUT2D eigenvalue weighted by Gasteiger charge is 2.45. The van der Waals surface area contributed by atoms with Gasteiger partial charge in [0.15, 0.2) is 5.78 Å². The average Bonchev–Trinajstić information content (AvgIpc) is 2.77. The molecule has 2 aromatic rings. The van der Waals surface area contributed by atoms with Crippen LogP contribution < -0.4 is 9.64 Å². The van der Waals surface area contributed by atoms with Crippen LogP contribution in [0.25, 0.3) is 0 Å². The number of nitrogens with zero attached hydrogens (tertiary/aromatic N) is 2. The normalized spacial score (nSPS) is 20.0. The lowest BCUT2D eigenvalue weighted by atomic mass is 9.69. The van der Waals surface area contributed by atoms with Crippen LogP contribution in [0.5, 0.6) is 5.75 Å². The van der Waals surface area contributed by atoms with E-state index in [0.717, 1.165) is 10.5 Å². The van der Waals surface area contributed by atoms with Crippen molar-refractivity contribution in [3.63, 3.8) is 0 Å². The van der Waals surface area contributed by atoms with Crippen molar-refractivity contribution in [3.8, 4) is 5.75 Å². The second-order valence-corrected chi connectivity index (χ2v) is 10.1. The number of ketones is 1. The van der Waals surface area contributed by atoms with Crippen LogP contribution in [-0.2, 0) is 9.59 Å². The first kappa shape index (κ1) is 23.0. The Balaban J connectivity index is 1.91. The SMILES string of the molecule is COc1ccc(N2C(=O)CC(c3ccc(SC)cc3)C3=C2CC(C)(C)CC3=O)c([N+](=O)[O-])c1. The maximum absolute atomic E-state index is 13.5. The monoisotopic (exact) mass is 466 g/mol. The lowest BCUT2D eigenvalue weighted by Gasteiger charge is -2.42. The predicted octanol–water partition coefficient (Wildman–Crippen LogP) is 5.49. The number of amides is 1. The standard InChI is InChI=1S/C25H26N2O5S/c1-25(2)13-21-24(22(28)14-25)18(15-5-8-17(33-4)9-6-15)12-23(29)26(21)19-10-7-16(32-3)11-20(19)27(30)31/h5-11,18H,12-14H2,1-4H3. The molecule has 0 aromatic heterocycles. The highest BCUT2D eigenvalue weighted by molar-refractivity contribution is 7.98. The fourth-order valence-corrected chi connectivity index (χ4v) is 5.19. The minimum absolute atomic E-state index is 0.00569. The van der Waals surface area contributed by atoms with Gasteiger partial charge in [0, 0.05) is 34.9 Å². The van der Waals surface area contributed by atoms with E-state index in [1.54, 1.807) is 17.8 Å². The second-order valence-electron chi connectivity index (χ2n) is 9.17. The summed E-state index contributed by atoms with van der Waals surface area (Å²) in [6.45, 7) is 3.97. The topological polar surface area (TPSA) is 89.8 Å². The Bertz CT molecular complexity index is 1170. The summed E-state index contributed by atoms with van der Waals surface area (Å²) in [5.74, 6) is -0.295. The third-order valence-corrected chi connectivity index (χ3v) is 7.02. The summed E-state index contributed by atoms with van der Waals surface area (Å²) >= 11 is 1.62. The van der Waals surface area contributed by atoms with E-state index in [2.05, 4.69) is 0 Å². The molecule has 1 aliphatic carbocycles. The zero-order chi connectivity index (χ0) is 23.9. The first-order valence-corrected chi connectivity index (χ1v) is 11.9. The van der Waals surface area contributed by atoms with Gasteiger partial charge in [-0.2, -0.15) is 0 Å². The zero-order valence-electron chi connectivity index (χ0n) is 19.1. The Kier molecular flexibility index (Phi) is 6.05. The van der Waals surface area contributed by atoms with Crippen molar-refractivity contribution >= 4 is 34.8 Å². The molecule has 1 heterocycles. The molecule has 8 heteroatoms. The van der Waals surface area contributed by atoms with E-state index in [1.807, 2.05) is 44.4 Å². The number of ether oxygens (including phenoxy) is 1. The third-order valence-electron chi connectivity index (χ3n) is 6.28. The Morgan fingerprint density at radius 3 is 2.42 bits per heavy atom. The summed E-state index contributed by atoms with van der Waals surface area (Å²) < 4.78 is 5.15. The van der Waals surface area contributed by atoms with Gasteiger partial charge in [-0.15, -0.1) is 11.8 Å². The molecule has 2 aliphatic rings. The van der Waals surface area contributed by atoms with Gasteiger partial charge in [0.2, 0.25) is 5.91 Å². The van der Waals surface area contributed by atoms with Crippen molar-refractivity contribution in [2.24, 2.45) is 5.41 Å². The van der Waals surface area contributed by atoms with Crippen LogP contribution in [0.4, 0.5) is 11.4 Å². The first-order chi connectivity index (χ1) is 15.6. The number of carbonyl (C=O) groups excluding carboxylic acids is 2. The summed E-state index contributed by atoms with van der Waals surface area (Å²) in [5, 5.41) is 11.9. The van der Waals surface area contributed by atoms with Crippen molar-refractivity contribution in [3.05, 3.63) is 69.4 Å². The van der Waals surface area contributed by atoms with Gasteiger partial charge in [-0.1, -0.05) is 26.0 Å². The van der Waals surface area contributed by atoms with Crippen molar-refractivity contribution < 1.29 is 19.2 Å². The number of hydrogen-bond donors (Lipinski definition) is 0. The van der Waals surface area contributed by atoms with E-state index < -0.39 is 4.92 Å². The number of benzene rings is 2. The van der Waals surface area contributed by atoms with Crippen LogP contribution in [-0.4, -0.2) is 30.0 Å². The van der Waals surface area contributed by atoms with E-state index >= 15 is 0 Å². The van der Waals surface area contributed by atoms with Crippen molar-refractivity contribution in [1.29, 1.82) is 0 Å². The van der Waals surface area contributed by atoms with Gasteiger partial charge in [0.05, 0.1) is 18.1 Å². The molecule has 1 atom stereocenters. The molecule has 172 valence electrons. The molecule has 7 nitrogen and oxygen atoms in total. The smallest absolute Gasteiger partial charge is 0.297 e. The molecule has 0 saturated heterocycles. The number of nitro groups is 1. The van der Waals surface area contributed by atoms with E-state index in [1.165, 1.54) is 24.1 Å². The van der Waals surface area contributed by atoms with Crippen molar-refractivity contribution in [1.82, 2.24) is 0 Å². The number of anilines is 1. The molecule has 1 amide bonds. The lowest BCUT2D eigenvalue weighted by Crippen LogP contribution is -2.44. The molecule has 2 aromatic carbocycles. The minimum Gasteiger partial charge on any atom is -0.496 e. The van der Waals surface area contributed by atoms with Gasteiger partial charge in [0.1, 0.15) is 11.4 Å². The molecule has 0 fully saturated rings. The number of allylic oxidation sites excluding steroid dienone is 2. The number of thioether (sulfide) groups is 1. The summed E-state index contributed by atoms with van der Waals surface area (Å²) in [6.07, 6.45) is 2.92. The molecule has 0 saturated carbocycles. The Morgan fingerprint density at radius 2 is 1.82 bits per heavy atom. The third kappa shape index (κ3) is 4.27. The number of rotatable bonds is 5. The number of Topliss-reactive ketones (excluding diaryl/α,β-unsaturated/α-hetero) is 1. The molecule has 0 N–H and O–H groups in total. The molecule has 33 heavy (non-hydrogen) atoms. The molecule has 1 aliphatic heterocycles. The fraction of sp³-hybridized carbons (Fsp3) is 0.360. The zero-order valence-corrected chi connectivity index (χ0v) is 19.9. The molecular formula is C25H26N2O5S. The van der Waals surface area contributed by atoms with E-state index in [9.17, 15) is 19.7 Å². The van der Waals surface area contributed by atoms with Crippen LogP contribution in [0.15, 0.2) is 58.6 Å². The molecule has 1 unspecified atom stereocenters. The Hall–Kier alpha value is -3.13. The Labute approximate surface area is 197 Å². The molecular weight excluding hydrogens is 440 g/mol. The van der Waals surface area contributed by atoms with E-state index in [-0.39, 0.29) is 40.8 Å². The van der Waals surface area contributed by atoms with Crippen LogP contribution in [0.2, 0.25) is 0 Å². The quantitative estimate of drug-likeness (QED) is 0.329. The summed E-state index contributed by atoms with van der Waals surface area (Å²) in [4.78, 5) is 40.8. The van der Waals surface area contributed by atoms with Crippen LogP contribution in [0.3, 0.4) is 0 Å². The van der Waals surface area contributed by atoms with Crippen LogP contribution >= 0.6 is 11.8 Å². The molecule has 0 bridgehead atoms. The van der Waals surface area contributed by atoms with Crippen LogP contribution in [0.1, 0.15) is 44.6 Å². The summed E-state index contributed by atoms with van der Waals surface area (Å²) in [5.41, 5.74) is 1.65. The molecule has 0 radical (unpaired) electrons. The lowest BCUT2D eigenvalue weighted by molar-refractivity contribution is -0.384. The number of hydrogen-bond acceptors (Lipinski definition) is 6. The average molecular weight is 467 g/mol. The maximum atomic E-state index is 13.5. The van der Waals surface area contributed by atoms with Gasteiger partial charge in [-0.25, -0.2) is 0 Å². The van der Waals surface area contributed by atoms with E-state index in [0.29, 0.717) is 29.9 Å². The second kappa shape index (κ2) is 8.67. The predicted molar refractivity (Wildman–Crippen MR) is 128 cm³/mol. The number of nitro benzene ring substituents is 1. The molecule has 4 rings (SSSR count). The first-order valence-electron chi connectivity index (χ1n) is 10.7. The number of carbonyl (C=O) groups is 2. The van der Waals surface area contributed by atoms with Gasteiger partial charge in [0.25, 0.3) is 5.69 Å². The van der Waals surface area contributed by atoms with Gasteiger partial charge < -0.3 is 4.74 Å². The fourth-order valence-electron chi connectivity index (χ4n) is 4.78. The maximum Gasteiger partial charge on any atom is 0.297 e. The Morgan fingerprint density at radius 1 is 1.12 bits per heavy atom. The summed E-state index contributed by atoms with van der Waals surface area (Å²) in [7, 11) is 1.43. The van der Waals surface area contributed by atoms with Crippen LogP contribution in [0, 0.1) is 15.5 Å². The minimum atomic E-state index is -0.519. The van der Waals surface area contributed by atoms with E-state index in [4.69, 9.17) is 4.74 Å². The van der Waals surface area contributed by atoms with Crippen molar-refractivity contribution in [2.75, 3.05) is 18.3 Å². The van der Waals surface area contributed by atoms with Gasteiger partial charge in [-0.05, 0) is 47.9 Å².